The van der Waals surface area contributed by atoms with Gasteiger partial charge in [0, 0.05) is 32.5 Å². The van der Waals surface area contributed by atoms with Crippen LogP contribution in [0.15, 0.2) is 27.6 Å². The summed E-state index contributed by atoms with van der Waals surface area (Å²) in [7, 11) is -4.10. The summed E-state index contributed by atoms with van der Waals surface area (Å²) >= 11 is 0. The summed E-state index contributed by atoms with van der Waals surface area (Å²) in [4.78, 5) is 3.76. The quantitative estimate of drug-likeness (QED) is 0.709. The Balaban J connectivity index is 1.42. The number of halogens is 2. The predicted molar refractivity (Wildman–Crippen MR) is 103 cm³/mol. The molecule has 0 amide bonds. The molecule has 1 aromatic carbocycles. The lowest BCUT2D eigenvalue weighted by atomic mass is 9.79. The second kappa shape index (κ2) is 8.32. The van der Waals surface area contributed by atoms with Gasteiger partial charge in [-0.2, -0.15) is 9.29 Å². The van der Waals surface area contributed by atoms with Crippen LogP contribution in [0.1, 0.15) is 44.3 Å². The summed E-state index contributed by atoms with van der Waals surface area (Å²) in [6.07, 6.45) is 4.06. The van der Waals surface area contributed by atoms with Crippen LogP contribution in [0.25, 0.3) is 0 Å². The SMILES string of the molecule is CCc1noc(CC2CCOC3(CCN(S(=O)(=O)c4cc(F)ccc4F)CC3)C2)n1. The van der Waals surface area contributed by atoms with Gasteiger partial charge in [0.05, 0.1) is 5.60 Å². The van der Waals surface area contributed by atoms with Crippen molar-refractivity contribution < 1.29 is 26.5 Å². The third-order valence-electron chi connectivity index (χ3n) is 6.03. The van der Waals surface area contributed by atoms with E-state index in [1.54, 1.807) is 0 Å². The molecular weight excluding hydrogens is 416 g/mol. The van der Waals surface area contributed by atoms with Gasteiger partial charge in [-0.1, -0.05) is 12.1 Å². The van der Waals surface area contributed by atoms with Crippen LogP contribution in [-0.4, -0.2) is 48.2 Å². The van der Waals surface area contributed by atoms with Gasteiger partial charge in [0.1, 0.15) is 16.5 Å². The van der Waals surface area contributed by atoms with Gasteiger partial charge in [0.15, 0.2) is 5.82 Å². The molecule has 2 aliphatic rings. The van der Waals surface area contributed by atoms with Gasteiger partial charge in [-0.05, 0) is 49.8 Å². The number of aryl methyl sites for hydroxylation is 1. The number of piperidine rings is 1. The molecule has 2 fully saturated rings. The average molecular weight is 442 g/mol. The highest BCUT2D eigenvalue weighted by Gasteiger charge is 2.43. The van der Waals surface area contributed by atoms with Crippen molar-refractivity contribution in [3.63, 3.8) is 0 Å². The van der Waals surface area contributed by atoms with E-state index in [1.165, 1.54) is 4.31 Å². The molecule has 1 aromatic heterocycles. The van der Waals surface area contributed by atoms with E-state index in [0.29, 0.717) is 43.5 Å². The molecule has 2 aromatic rings. The monoisotopic (exact) mass is 441 g/mol. The molecule has 2 aliphatic heterocycles. The summed E-state index contributed by atoms with van der Waals surface area (Å²) in [6, 6.07) is 2.48. The first kappa shape index (κ1) is 21.3. The van der Waals surface area contributed by atoms with E-state index in [0.717, 1.165) is 37.5 Å². The van der Waals surface area contributed by atoms with Crippen molar-refractivity contribution in [3.05, 3.63) is 41.5 Å². The first-order valence-electron chi connectivity index (χ1n) is 10.2. The fraction of sp³-hybridized carbons (Fsp3) is 0.600. The van der Waals surface area contributed by atoms with Gasteiger partial charge < -0.3 is 9.26 Å². The second-order valence-electron chi connectivity index (χ2n) is 8.03. The molecular formula is C20H25F2N3O4S. The zero-order valence-corrected chi connectivity index (χ0v) is 17.6. The summed E-state index contributed by atoms with van der Waals surface area (Å²) in [6.45, 7) is 2.96. The molecule has 1 atom stereocenters. The number of ether oxygens (including phenoxy) is 1. The molecule has 30 heavy (non-hydrogen) atoms. The molecule has 0 bridgehead atoms. The first-order valence-corrected chi connectivity index (χ1v) is 11.7. The van der Waals surface area contributed by atoms with E-state index in [9.17, 15) is 17.2 Å². The number of sulfonamides is 1. The summed E-state index contributed by atoms with van der Waals surface area (Å²) in [5.41, 5.74) is -0.414. The van der Waals surface area contributed by atoms with Crippen molar-refractivity contribution >= 4 is 10.0 Å². The third kappa shape index (κ3) is 4.26. The summed E-state index contributed by atoms with van der Waals surface area (Å²) in [5, 5.41) is 3.94. The standard InChI is InChI=1S/C20H25F2N3O4S/c1-2-18-23-19(29-24-18)11-14-5-10-28-20(13-14)6-8-25(9-7-20)30(26,27)17-12-15(21)3-4-16(17)22/h3-4,12,14H,2,5-11,13H2,1H3. The molecule has 0 saturated carbocycles. The van der Waals surface area contributed by atoms with E-state index in [1.807, 2.05) is 6.92 Å². The van der Waals surface area contributed by atoms with Crippen LogP contribution >= 0.6 is 0 Å². The average Bonchev–Trinajstić information content (AvgIpc) is 3.18. The number of nitrogens with zero attached hydrogens (tertiary/aromatic N) is 3. The fourth-order valence-electron chi connectivity index (χ4n) is 4.36. The topological polar surface area (TPSA) is 85.5 Å². The zero-order valence-electron chi connectivity index (χ0n) is 16.8. The Bertz CT molecular complexity index is 1000. The van der Waals surface area contributed by atoms with Gasteiger partial charge in [0.2, 0.25) is 15.9 Å². The Morgan fingerprint density at radius 2 is 2.03 bits per heavy atom. The highest BCUT2D eigenvalue weighted by molar-refractivity contribution is 7.89. The van der Waals surface area contributed by atoms with Crippen molar-refractivity contribution in [2.24, 2.45) is 5.92 Å². The molecule has 10 heteroatoms. The van der Waals surface area contributed by atoms with Crippen LogP contribution < -0.4 is 0 Å². The van der Waals surface area contributed by atoms with E-state index >= 15 is 0 Å². The summed E-state index contributed by atoms with van der Waals surface area (Å²) in [5.74, 6) is -0.107. The van der Waals surface area contributed by atoms with Crippen molar-refractivity contribution in [2.75, 3.05) is 19.7 Å². The van der Waals surface area contributed by atoms with Crippen LogP contribution in [0.5, 0.6) is 0 Å². The second-order valence-corrected chi connectivity index (χ2v) is 9.94. The maximum atomic E-state index is 14.0. The Labute approximate surface area is 174 Å². The molecule has 0 N–H and O–H groups in total. The smallest absolute Gasteiger partial charge is 0.246 e. The molecule has 164 valence electrons. The number of rotatable bonds is 5. The molecule has 0 aliphatic carbocycles. The van der Waals surface area contributed by atoms with Gasteiger partial charge in [0.25, 0.3) is 0 Å². The Kier molecular flexibility index (Phi) is 5.91. The van der Waals surface area contributed by atoms with E-state index < -0.39 is 32.2 Å². The van der Waals surface area contributed by atoms with E-state index in [2.05, 4.69) is 10.1 Å². The van der Waals surface area contributed by atoms with E-state index in [-0.39, 0.29) is 13.1 Å². The minimum absolute atomic E-state index is 0.200. The zero-order chi connectivity index (χ0) is 21.4. The lowest BCUT2D eigenvalue weighted by Crippen LogP contribution is -2.51. The minimum Gasteiger partial charge on any atom is -0.375 e. The fourth-order valence-corrected chi connectivity index (χ4v) is 5.88. The lowest BCUT2D eigenvalue weighted by molar-refractivity contribution is -0.121. The molecule has 3 heterocycles. The maximum Gasteiger partial charge on any atom is 0.246 e. The van der Waals surface area contributed by atoms with Gasteiger partial charge >= 0.3 is 0 Å². The number of hydrogen-bond donors (Lipinski definition) is 0. The van der Waals surface area contributed by atoms with Crippen molar-refractivity contribution in [1.82, 2.24) is 14.4 Å². The Morgan fingerprint density at radius 3 is 2.73 bits per heavy atom. The van der Waals surface area contributed by atoms with Gasteiger partial charge in [-0.15, -0.1) is 0 Å². The van der Waals surface area contributed by atoms with Crippen LogP contribution in [-0.2, 0) is 27.6 Å². The minimum atomic E-state index is -4.10. The third-order valence-corrected chi connectivity index (χ3v) is 7.94. The highest BCUT2D eigenvalue weighted by Crippen LogP contribution is 2.40. The molecule has 4 rings (SSSR count). The predicted octanol–water partition coefficient (Wildman–Crippen LogP) is 3.10. The molecule has 0 radical (unpaired) electrons. The maximum absolute atomic E-state index is 14.0. The lowest BCUT2D eigenvalue weighted by Gasteiger charge is -2.45. The van der Waals surface area contributed by atoms with Crippen LogP contribution in [0.4, 0.5) is 8.78 Å². The molecule has 1 unspecified atom stereocenters. The van der Waals surface area contributed by atoms with Gasteiger partial charge in [-0.25, -0.2) is 17.2 Å². The number of hydrogen-bond acceptors (Lipinski definition) is 6. The number of aromatic nitrogens is 2. The van der Waals surface area contributed by atoms with E-state index in [4.69, 9.17) is 9.26 Å². The van der Waals surface area contributed by atoms with Crippen molar-refractivity contribution in [3.8, 4) is 0 Å². The van der Waals surface area contributed by atoms with Crippen molar-refractivity contribution in [2.45, 2.75) is 55.9 Å². The largest absolute Gasteiger partial charge is 0.375 e. The molecule has 2 saturated heterocycles. The van der Waals surface area contributed by atoms with Crippen LogP contribution in [0.2, 0.25) is 0 Å². The molecule has 1 spiro atoms. The Morgan fingerprint density at radius 1 is 1.27 bits per heavy atom. The summed E-state index contributed by atoms with van der Waals surface area (Å²) < 4.78 is 65.8. The van der Waals surface area contributed by atoms with Gasteiger partial charge in [-0.3, -0.25) is 0 Å². The Hall–Kier alpha value is -1.91. The number of benzene rings is 1. The van der Waals surface area contributed by atoms with Crippen LogP contribution in [0.3, 0.4) is 0 Å². The normalized spacial score (nSPS) is 22.4. The molecule has 7 nitrogen and oxygen atoms in total. The first-order chi connectivity index (χ1) is 14.3. The van der Waals surface area contributed by atoms with Crippen molar-refractivity contribution in [1.29, 1.82) is 0 Å². The highest BCUT2D eigenvalue weighted by atomic mass is 32.2. The van der Waals surface area contributed by atoms with Crippen LogP contribution in [0, 0.1) is 17.6 Å².